The number of amides is 1. The van der Waals surface area contributed by atoms with Crippen molar-refractivity contribution in [3.8, 4) is 0 Å². The van der Waals surface area contributed by atoms with E-state index >= 15 is 0 Å². The third-order valence-electron chi connectivity index (χ3n) is 1.57. The van der Waals surface area contributed by atoms with Gasteiger partial charge >= 0.3 is 6.18 Å². The Labute approximate surface area is 91.6 Å². The van der Waals surface area contributed by atoms with Gasteiger partial charge in [-0.05, 0) is 27.6 Å². The van der Waals surface area contributed by atoms with Crippen LogP contribution in [0.4, 0.5) is 13.2 Å². The molecule has 0 unspecified atom stereocenters. The number of pyridine rings is 1. The second-order valence-corrected chi connectivity index (χ2v) is 3.61. The van der Waals surface area contributed by atoms with Crippen molar-refractivity contribution in [2.45, 2.75) is 12.6 Å². The van der Waals surface area contributed by atoms with Gasteiger partial charge in [0.15, 0.2) is 0 Å². The van der Waals surface area contributed by atoms with E-state index in [1.807, 2.05) is 0 Å². The zero-order chi connectivity index (χ0) is 11.6. The van der Waals surface area contributed by atoms with Crippen LogP contribution in [-0.4, -0.2) is 17.1 Å². The van der Waals surface area contributed by atoms with Gasteiger partial charge in [0.2, 0.25) is 0 Å². The molecule has 0 aliphatic rings. The molecule has 0 fully saturated rings. The first-order valence-electron chi connectivity index (χ1n) is 3.81. The lowest BCUT2D eigenvalue weighted by molar-refractivity contribution is -0.127. The van der Waals surface area contributed by atoms with Crippen molar-refractivity contribution >= 4 is 21.8 Å². The molecule has 0 bridgehead atoms. The maximum atomic E-state index is 12.1. The van der Waals surface area contributed by atoms with Crippen molar-refractivity contribution in [3.63, 3.8) is 0 Å². The number of carbonyl (C=O) groups excluding carboxylic acids is 1. The summed E-state index contributed by atoms with van der Waals surface area (Å²) >= 11 is 2.94. The van der Waals surface area contributed by atoms with Crippen molar-refractivity contribution in [3.05, 3.63) is 28.0 Å². The van der Waals surface area contributed by atoms with E-state index in [0.717, 1.165) is 0 Å². The smallest absolute Gasteiger partial charge is 0.364 e. The molecule has 0 aliphatic carbocycles. The van der Waals surface area contributed by atoms with Gasteiger partial charge in [0, 0.05) is 0 Å². The molecule has 1 rings (SSSR count). The number of carbonyl (C=O) groups is 1. The number of rotatable bonds is 2. The van der Waals surface area contributed by atoms with Crippen molar-refractivity contribution < 1.29 is 18.0 Å². The van der Waals surface area contributed by atoms with E-state index in [0.29, 0.717) is 0 Å². The van der Waals surface area contributed by atoms with Crippen LogP contribution in [0.5, 0.6) is 0 Å². The fraction of sp³-hybridized carbons (Fsp3) is 0.250. The van der Waals surface area contributed by atoms with Gasteiger partial charge in [-0.15, -0.1) is 0 Å². The summed E-state index contributed by atoms with van der Waals surface area (Å²) in [5.74, 6) is -0.976. The highest BCUT2D eigenvalue weighted by atomic mass is 79.9. The van der Waals surface area contributed by atoms with Crippen molar-refractivity contribution in [2.24, 2.45) is 5.73 Å². The largest absolute Gasteiger partial charge is 0.393 e. The number of nitrogens with two attached hydrogens (primary N) is 1. The fourth-order valence-electron chi connectivity index (χ4n) is 1.04. The normalized spacial score (nSPS) is 11.5. The van der Waals surface area contributed by atoms with Crippen LogP contribution < -0.4 is 5.73 Å². The molecule has 1 amide bonds. The predicted molar refractivity (Wildman–Crippen MR) is 50.2 cm³/mol. The number of alkyl halides is 3. The first kappa shape index (κ1) is 12.0. The fourth-order valence-corrected chi connectivity index (χ4v) is 1.35. The number of hydrogen-bond donors (Lipinski definition) is 1. The van der Waals surface area contributed by atoms with Crippen LogP contribution in [-0.2, 0) is 6.42 Å². The summed E-state index contributed by atoms with van der Waals surface area (Å²) < 4.78 is 36.5. The van der Waals surface area contributed by atoms with E-state index < -0.39 is 18.5 Å². The molecule has 0 spiro atoms. The molecule has 0 radical (unpaired) electrons. The Morgan fingerprint density at radius 1 is 1.47 bits per heavy atom. The molecule has 3 nitrogen and oxygen atoms in total. The SMILES string of the molecule is NC(=O)c1nc(Br)ccc1CC(F)(F)F. The van der Waals surface area contributed by atoms with Crippen molar-refractivity contribution in [1.82, 2.24) is 4.98 Å². The Bertz CT molecular complexity index is 392. The molecule has 7 heteroatoms. The van der Waals surface area contributed by atoms with E-state index in [9.17, 15) is 18.0 Å². The van der Waals surface area contributed by atoms with Gasteiger partial charge in [-0.3, -0.25) is 4.79 Å². The molecule has 0 saturated heterocycles. The summed E-state index contributed by atoms with van der Waals surface area (Å²) in [7, 11) is 0. The second kappa shape index (κ2) is 4.18. The molecule has 0 aromatic carbocycles. The van der Waals surface area contributed by atoms with Crippen LogP contribution in [0.1, 0.15) is 16.1 Å². The van der Waals surface area contributed by atoms with Crippen LogP contribution in [0, 0.1) is 0 Å². The summed E-state index contributed by atoms with van der Waals surface area (Å²) in [6.07, 6.45) is -5.61. The number of aromatic nitrogens is 1. The highest BCUT2D eigenvalue weighted by Crippen LogP contribution is 2.23. The van der Waals surface area contributed by atoms with Gasteiger partial charge in [0.25, 0.3) is 5.91 Å². The lowest BCUT2D eigenvalue weighted by Gasteiger charge is -2.09. The minimum Gasteiger partial charge on any atom is -0.364 e. The maximum Gasteiger partial charge on any atom is 0.393 e. The van der Waals surface area contributed by atoms with Gasteiger partial charge in [-0.25, -0.2) is 4.98 Å². The van der Waals surface area contributed by atoms with E-state index in [-0.39, 0.29) is 15.9 Å². The number of hydrogen-bond acceptors (Lipinski definition) is 2. The lowest BCUT2D eigenvalue weighted by atomic mass is 10.1. The zero-order valence-electron chi connectivity index (χ0n) is 7.31. The van der Waals surface area contributed by atoms with Crippen LogP contribution in [0.3, 0.4) is 0 Å². The van der Waals surface area contributed by atoms with Crippen LogP contribution >= 0.6 is 15.9 Å². The van der Waals surface area contributed by atoms with Crippen LogP contribution in [0.15, 0.2) is 16.7 Å². The highest BCUT2D eigenvalue weighted by Gasteiger charge is 2.30. The third-order valence-corrected chi connectivity index (χ3v) is 2.01. The molecule has 15 heavy (non-hydrogen) atoms. The number of nitrogens with zero attached hydrogens (tertiary/aromatic N) is 1. The van der Waals surface area contributed by atoms with E-state index in [1.165, 1.54) is 12.1 Å². The Morgan fingerprint density at radius 3 is 2.53 bits per heavy atom. The predicted octanol–water partition coefficient (Wildman–Crippen LogP) is 2.05. The summed E-state index contributed by atoms with van der Waals surface area (Å²) in [5, 5.41) is 0. The molecule has 1 aromatic heterocycles. The summed E-state index contributed by atoms with van der Waals surface area (Å²) in [4.78, 5) is 14.4. The summed E-state index contributed by atoms with van der Waals surface area (Å²) in [6.45, 7) is 0. The Morgan fingerprint density at radius 2 is 2.07 bits per heavy atom. The zero-order valence-corrected chi connectivity index (χ0v) is 8.89. The van der Waals surface area contributed by atoms with Gasteiger partial charge in [-0.2, -0.15) is 13.2 Å². The molecule has 0 saturated carbocycles. The lowest BCUT2D eigenvalue weighted by Crippen LogP contribution is -2.20. The van der Waals surface area contributed by atoms with Gasteiger partial charge < -0.3 is 5.73 Å². The Balaban J connectivity index is 3.12. The topological polar surface area (TPSA) is 56.0 Å². The Hall–Kier alpha value is -1.11. The number of primary amides is 1. The molecular weight excluding hydrogens is 277 g/mol. The minimum atomic E-state index is -4.39. The third kappa shape index (κ3) is 3.50. The van der Waals surface area contributed by atoms with Crippen molar-refractivity contribution in [2.75, 3.05) is 0 Å². The summed E-state index contributed by atoms with van der Waals surface area (Å²) in [6, 6.07) is 2.50. The van der Waals surface area contributed by atoms with Gasteiger partial charge in [0.1, 0.15) is 10.3 Å². The molecule has 0 atom stereocenters. The van der Waals surface area contributed by atoms with Gasteiger partial charge in [0.05, 0.1) is 6.42 Å². The summed E-state index contributed by atoms with van der Waals surface area (Å²) in [5.41, 5.74) is 4.33. The van der Waals surface area contributed by atoms with Crippen molar-refractivity contribution in [1.29, 1.82) is 0 Å². The van der Waals surface area contributed by atoms with Crippen LogP contribution in [0.25, 0.3) is 0 Å². The average Bonchev–Trinajstić information content (AvgIpc) is 2.05. The van der Waals surface area contributed by atoms with E-state index in [1.54, 1.807) is 0 Å². The Kier molecular flexibility index (Phi) is 3.33. The molecule has 1 aromatic rings. The van der Waals surface area contributed by atoms with Gasteiger partial charge in [-0.1, -0.05) is 6.07 Å². The standard InChI is InChI=1S/C8H6BrF3N2O/c9-5-2-1-4(3-8(10,11)12)6(14-5)7(13)15/h1-2H,3H2,(H2,13,15). The maximum absolute atomic E-state index is 12.1. The highest BCUT2D eigenvalue weighted by molar-refractivity contribution is 9.10. The molecule has 1 heterocycles. The first-order chi connectivity index (χ1) is 6.79. The minimum absolute atomic E-state index is 0.224. The quantitative estimate of drug-likeness (QED) is 0.844. The average molecular weight is 283 g/mol. The number of halogens is 4. The van der Waals surface area contributed by atoms with E-state index in [2.05, 4.69) is 20.9 Å². The molecular formula is C8H6BrF3N2O. The second-order valence-electron chi connectivity index (χ2n) is 2.80. The van der Waals surface area contributed by atoms with Crippen LogP contribution in [0.2, 0.25) is 0 Å². The molecule has 0 aliphatic heterocycles. The monoisotopic (exact) mass is 282 g/mol. The molecule has 82 valence electrons. The molecule has 2 N–H and O–H groups in total. The first-order valence-corrected chi connectivity index (χ1v) is 4.61. The van der Waals surface area contributed by atoms with E-state index in [4.69, 9.17) is 5.73 Å².